The molecule has 2 aromatic heterocycles. The number of allylic oxidation sites excluding steroid dienone is 8. The molecule has 0 atom stereocenters. The molecular formula is C18H16S2Ti. The third-order valence-electron chi connectivity index (χ3n) is 4.29. The molecule has 2 heterocycles. The van der Waals surface area contributed by atoms with Crippen LogP contribution in [0, 0.1) is 0 Å². The molecule has 0 radical (unpaired) electrons. The predicted molar refractivity (Wildman–Crippen MR) is 91.6 cm³/mol. The van der Waals surface area contributed by atoms with Gasteiger partial charge in [-0.25, -0.2) is 0 Å². The van der Waals surface area contributed by atoms with E-state index in [1.54, 1.807) is 14.1 Å². The van der Waals surface area contributed by atoms with Crippen molar-refractivity contribution < 1.29 is 16.6 Å². The molecule has 2 aromatic rings. The molecule has 2 aliphatic rings. The van der Waals surface area contributed by atoms with E-state index in [0.29, 0.717) is 0 Å². The van der Waals surface area contributed by atoms with Gasteiger partial charge in [0.15, 0.2) is 0 Å². The molecule has 0 saturated heterocycles. The normalized spacial score (nSPS) is 17.3. The summed E-state index contributed by atoms with van der Waals surface area (Å²) in [6.45, 7) is 0. The molecule has 0 nitrogen and oxygen atoms in total. The Labute approximate surface area is 137 Å². The first kappa shape index (κ1) is 13.7. The molecule has 21 heavy (non-hydrogen) atoms. The van der Waals surface area contributed by atoms with E-state index < -0.39 is 16.6 Å². The van der Waals surface area contributed by atoms with Crippen LogP contribution in [0.3, 0.4) is 0 Å². The van der Waals surface area contributed by atoms with Crippen molar-refractivity contribution in [1.82, 2.24) is 0 Å². The third-order valence-corrected chi connectivity index (χ3v) is 16.3. The van der Waals surface area contributed by atoms with Crippen molar-refractivity contribution in [3.05, 3.63) is 79.2 Å². The van der Waals surface area contributed by atoms with Crippen LogP contribution in [-0.2, 0) is 16.6 Å². The van der Waals surface area contributed by atoms with Crippen LogP contribution < -0.4 is 6.36 Å². The fraction of sp³-hybridized carbons (Fsp3) is 0.111. The van der Waals surface area contributed by atoms with Gasteiger partial charge < -0.3 is 0 Å². The Morgan fingerprint density at radius 1 is 0.762 bits per heavy atom. The second kappa shape index (κ2) is 5.70. The molecule has 0 N–H and O–H groups in total. The summed E-state index contributed by atoms with van der Waals surface area (Å²) in [5, 5.41) is 4.49. The van der Waals surface area contributed by atoms with Crippen molar-refractivity contribution in [2.24, 2.45) is 0 Å². The van der Waals surface area contributed by atoms with Crippen LogP contribution in [0.2, 0.25) is 0 Å². The Kier molecular flexibility index (Phi) is 3.72. The Hall–Kier alpha value is -0.926. The summed E-state index contributed by atoms with van der Waals surface area (Å²) in [6, 6.07) is 9.20. The Morgan fingerprint density at radius 2 is 1.29 bits per heavy atom. The quantitative estimate of drug-likeness (QED) is 0.711. The Morgan fingerprint density at radius 3 is 1.62 bits per heavy atom. The summed E-state index contributed by atoms with van der Waals surface area (Å²) in [4.78, 5) is 0. The van der Waals surface area contributed by atoms with Crippen LogP contribution in [0.15, 0.2) is 79.2 Å². The molecule has 0 aromatic carbocycles. The number of hydrogen-bond acceptors (Lipinski definition) is 2. The van der Waals surface area contributed by atoms with E-state index in [1.807, 2.05) is 22.7 Å². The second-order valence-electron chi connectivity index (χ2n) is 5.35. The van der Waals surface area contributed by atoms with Gasteiger partial charge in [-0.2, -0.15) is 0 Å². The van der Waals surface area contributed by atoms with Crippen LogP contribution in [-0.4, -0.2) is 0 Å². The van der Waals surface area contributed by atoms with E-state index >= 15 is 0 Å². The minimum absolute atomic E-state index is 1.13. The molecule has 0 fully saturated rings. The van der Waals surface area contributed by atoms with E-state index in [2.05, 4.69) is 71.5 Å². The van der Waals surface area contributed by atoms with E-state index in [4.69, 9.17) is 0 Å². The van der Waals surface area contributed by atoms with Gasteiger partial charge in [-0.05, 0) is 0 Å². The fourth-order valence-electron chi connectivity index (χ4n) is 3.40. The summed E-state index contributed by atoms with van der Waals surface area (Å²) < 4.78 is 6.63. The van der Waals surface area contributed by atoms with E-state index in [1.165, 1.54) is 0 Å². The van der Waals surface area contributed by atoms with Crippen LogP contribution in [0.4, 0.5) is 0 Å². The molecule has 4 rings (SSSR count). The van der Waals surface area contributed by atoms with Crippen LogP contribution >= 0.6 is 22.7 Å². The molecule has 0 spiro atoms. The standard InChI is InChI=1S/2C5H5.2C4H3S.Ti/c4*1-2-4-5-3-1;/h2*1-3H,4H2;2*1-3H;. The summed E-state index contributed by atoms with van der Waals surface area (Å²) in [5.74, 6) is 0. The van der Waals surface area contributed by atoms with Gasteiger partial charge in [-0.3, -0.25) is 0 Å². The first-order valence-electron chi connectivity index (χ1n) is 7.22. The van der Waals surface area contributed by atoms with E-state index in [0.717, 1.165) is 12.8 Å². The third kappa shape index (κ3) is 2.13. The van der Waals surface area contributed by atoms with Gasteiger partial charge in [0.25, 0.3) is 0 Å². The SMILES string of the molecule is C1=CC[C]([Ti]([C]2=CC=CC2)([c]2cccs2)[c]2cccs2)=C1. The zero-order valence-electron chi connectivity index (χ0n) is 11.7. The van der Waals surface area contributed by atoms with Crippen molar-refractivity contribution in [3.63, 3.8) is 0 Å². The first-order chi connectivity index (χ1) is 10.4. The molecule has 3 heteroatoms. The minimum atomic E-state index is -2.60. The number of thiophene rings is 2. The summed E-state index contributed by atoms with van der Waals surface area (Å²) >= 11 is 1.31. The maximum absolute atomic E-state index is 2.60. The molecule has 0 bridgehead atoms. The predicted octanol–water partition coefficient (Wildman–Crippen LogP) is 4.60. The Bertz CT molecular complexity index is 677. The maximum atomic E-state index is 2.40. The summed E-state index contributed by atoms with van der Waals surface area (Å²) in [7, 11) is 0. The van der Waals surface area contributed by atoms with E-state index in [9.17, 15) is 0 Å². The van der Waals surface area contributed by atoms with Gasteiger partial charge in [-0.1, -0.05) is 0 Å². The average Bonchev–Trinajstić information content (AvgIpc) is 3.32. The summed E-state index contributed by atoms with van der Waals surface area (Å²) in [5.41, 5.74) is 0. The molecule has 0 amide bonds. The van der Waals surface area contributed by atoms with Crippen molar-refractivity contribution >= 4 is 29.0 Å². The second-order valence-corrected chi connectivity index (χ2v) is 14.4. The first-order valence-corrected chi connectivity index (χ1v) is 12.1. The van der Waals surface area contributed by atoms with Crippen LogP contribution in [0.25, 0.3) is 0 Å². The average molecular weight is 344 g/mol. The Balaban J connectivity index is 1.99. The number of rotatable bonds is 4. The monoisotopic (exact) mass is 344 g/mol. The van der Waals surface area contributed by atoms with Crippen molar-refractivity contribution in [2.45, 2.75) is 12.8 Å². The zero-order valence-corrected chi connectivity index (χ0v) is 14.9. The molecule has 2 aliphatic carbocycles. The van der Waals surface area contributed by atoms with Gasteiger partial charge in [-0.15, -0.1) is 0 Å². The number of hydrogen-bond donors (Lipinski definition) is 0. The van der Waals surface area contributed by atoms with Gasteiger partial charge in [0, 0.05) is 0 Å². The molecule has 104 valence electrons. The topological polar surface area (TPSA) is 0 Å². The molecule has 0 saturated carbocycles. The van der Waals surface area contributed by atoms with Gasteiger partial charge in [0.05, 0.1) is 0 Å². The van der Waals surface area contributed by atoms with Crippen LogP contribution in [0.1, 0.15) is 12.8 Å². The fourth-order valence-corrected chi connectivity index (χ4v) is 16.8. The van der Waals surface area contributed by atoms with Crippen molar-refractivity contribution in [3.8, 4) is 0 Å². The van der Waals surface area contributed by atoms with Crippen molar-refractivity contribution in [1.29, 1.82) is 0 Å². The van der Waals surface area contributed by atoms with E-state index in [-0.39, 0.29) is 0 Å². The van der Waals surface area contributed by atoms with Crippen molar-refractivity contribution in [2.75, 3.05) is 0 Å². The zero-order chi connectivity index (χ0) is 14.1. The van der Waals surface area contributed by atoms with Gasteiger partial charge in [0.2, 0.25) is 0 Å². The summed E-state index contributed by atoms with van der Waals surface area (Å²) in [6.07, 6.45) is 16.2. The van der Waals surface area contributed by atoms with Gasteiger partial charge in [0.1, 0.15) is 0 Å². The molecule has 0 aliphatic heterocycles. The van der Waals surface area contributed by atoms with Gasteiger partial charge >= 0.3 is 138 Å². The molecule has 0 unspecified atom stereocenters. The van der Waals surface area contributed by atoms with Crippen LogP contribution in [0.5, 0.6) is 0 Å². The molecular weight excluding hydrogens is 328 g/mol.